The summed E-state index contributed by atoms with van der Waals surface area (Å²) in [7, 11) is 0. The maximum absolute atomic E-state index is 11.5. The number of carbonyl (C=O) groups is 1. The summed E-state index contributed by atoms with van der Waals surface area (Å²) in [4.78, 5) is 13.9. The molecule has 1 unspecified atom stereocenters. The molecule has 0 amide bonds. The Labute approximate surface area is 234 Å². The van der Waals surface area contributed by atoms with Gasteiger partial charge in [-0.2, -0.15) is 0 Å². The van der Waals surface area contributed by atoms with E-state index in [9.17, 15) is 9.90 Å². The quantitative estimate of drug-likeness (QED) is 0.258. The minimum absolute atomic E-state index is 0.00877. The summed E-state index contributed by atoms with van der Waals surface area (Å²) in [5.41, 5.74) is 4.06. The lowest BCUT2D eigenvalue weighted by Gasteiger charge is -2.32. The van der Waals surface area contributed by atoms with Crippen LogP contribution in [0, 0.1) is 0 Å². The number of nitrogens with zero attached hydrogens (tertiary/aromatic N) is 2. The summed E-state index contributed by atoms with van der Waals surface area (Å²) in [5, 5.41) is 10.7. The molecule has 40 heavy (non-hydrogen) atoms. The van der Waals surface area contributed by atoms with Crippen LogP contribution in [0.4, 0.5) is 0 Å². The second-order valence-corrected chi connectivity index (χ2v) is 10.4. The molecule has 1 aromatic heterocycles. The minimum Gasteiger partial charge on any atom is -0.491 e. The zero-order chi connectivity index (χ0) is 27.3. The summed E-state index contributed by atoms with van der Waals surface area (Å²) >= 11 is 0. The molecule has 0 bridgehead atoms. The van der Waals surface area contributed by atoms with Gasteiger partial charge in [-0.05, 0) is 61.2 Å². The Morgan fingerprint density at radius 2 is 1.73 bits per heavy atom. The van der Waals surface area contributed by atoms with Crippen molar-refractivity contribution in [3.05, 3.63) is 114 Å². The zero-order valence-electron chi connectivity index (χ0n) is 22.4. The van der Waals surface area contributed by atoms with Gasteiger partial charge in [0.2, 0.25) is 6.79 Å². The van der Waals surface area contributed by atoms with Crippen LogP contribution in [0.3, 0.4) is 0 Å². The highest BCUT2D eigenvalue weighted by Crippen LogP contribution is 2.38. The number of aromatic nitrogens is 1. The molecule has 7 heteroatoms. The first-order valence-electron chi connectivity index (χ1n) is 13.9. The first-order valence-corrected chi connectivity index (χ1v) is 13.9. The van der Waals surface area contributed by atoms with Crippen LogP contribution in [0.5, 0.6) is 5.75 Å². The van der Waals surface area contributed by atoms with Crippen LogP contribution < -0.4 is 4.74 Å². The number of allylic oxidation sites excluding steroid dienone is 1. The molecule has 1 fully saturated rings. The highest BCUT2D eigenvalue weighted by Gasteiger charge is 2.28. The molecule has 2 aliphatic rings. The third kappa shape index (κ3) is 5.56. The summed E-state index contributed by atoms with van der Waals surface area (Å²) < 4.78 is 19.6. The van der Waals surface area contributed by atoms with E-state index in [-0.39, 0.29) is 18.4 Å². The van der Waals surface area contributed by atoms with E-state index in [2.05, 4.69) is 64.2 Å². The van der Waals surface area contributed by atoms with E-state index < -0.39 is 5.97 Å². The number of hydrogen-bond donors (Lipinski definition) is 1. The fraction of sp³-hybridized carbons (Fsp3) is 0.303. The van der Waals surface area contributed by atoms with Gasteiger partial charge in [0, 0.05) is 30.1 Å². The van der Waals surface area contributed by atoms with Crippen molar-refractivity contribution in [1.82, 2.24) is 9.47 Å². The van der Waals surface area contributed by atoms with Crippen LogP contribution in [0.15, 0.2) is 97.1 Å². The Balaban J connectivity index is 1.16. The molecule has 0 radical (unpaired) electrons. The van der Waals surface area contributed by atoms with E-state index in [0.717, 1.165) is 44.7 Å². The Hall–Kier alpha value is -4.23. The smallest absolute Gasteiger partial charge is 0.339 e. The van der Waals surface area contributed by atoms with Gasteiger partial charge < -0.3 is 23.9 Å². The highest BCUT2D eigenvalue weighted by molar-refractivity contribution is 5.90. The van der Waals surface area contributed by atoms with Gasteiger partial charge in [-0.3, -0.25) is 4.90 Å². The molecule has 0 aliphatic carbocycles. The topological polar surface area (TPSA) is 73.2 Å². The van der Waals surface area contributed by atoms with Crippen molar-refractivity contribution in [2.75, 3.05) is 33.0 Å². The van der Waals surface area contributed by atoms with Crippen LogP contribution in [0.1, 0.15) is 46.3 Å². The number of hydrogen-bond acceptors (Lipinski definition) is 5. The molecule has 3 heterocycles. The molecule has 1 N–H and O–H groups in total. The summed E-state index contributed by atoms with van der Waals surface area (Å²) in [6, 6.07) is 26.0. The van der Waals surface area contributed by atoms with Crippen molar-refractivity contribution < 1.29 is 24.1 Å². The first-order chi connectivity index (χ1) is 19.7. The van der Waals surface area contributed by atoms with Gasteiger partial charge in [-0.15, -0.1) is 0 Å². The van der Waals surface area contributed by atoms with Crippen molar-refractivity contribution in [1.29, 1.82) is 0 Å². The lowest BCUT2D eigenvalue weighted by Crippen LogP contribution is -2.35. The van der Waals surface area contributed by atoms with E-state index >= 15 is 0 Å². The van der Waals surface area contributed by atoms with Crippen molar-refractivity contribution in [2.24, 2.45) is 0 Å². The lowest BCUT2D eigenvalue weighted by molar-refractivity contribution is 0.0690. The average molecular weight is 539 g/mol. The number of benzene rings is 3. The minimum atomic E-state index is -0.968. The van der Waals surface area contributed by atoms with E-state index in [1.54, 1.807) is 30.5 Å². The van der Waals surface area contributed by atoms with Gasteiger partial charge >= 0.3 is 5.97 Å². The number of rotatable bonds is 10. The molecule has 1 saturated heterocycles. The van der Waals surface area contributed by atoms with E-state index in [1.807, 2.05) is 6.07 Å². The molecular formula is C33H34N2O5. The third-order valence-electron chi connectivity index (χ3n) is 8.01. The van der Waals surface area contributed by atoms with E-state index in [4.69, 9.17) is 14.2 Å². The summed E-state index contributed by atoms with van der Waals surface area (Å²) in [6.45, 7) is 3.45. The third-order valence-corrected chi connectivity index (χ3v) is 8.01. The van der Waals surface area contributed by atoms with Crippen LogP contribution in [0.25, 0.3) is 10.9 Å². The van der Waals surface area contributed by atoms with Gasteiger partial charge in [0.15, 0.2) is 5.76 Å². The Morgan fingerprint density at radius 1 is 0.975 bits per heavy atom. The molecule has 7 nitrogen and oxygen atoms in total. The second kappa shape index (κ2) is 11.9. The normalized spacial score (nSPS) is 16.8. The molecule has 0 spiro atoms. The first kappa shape index (κ1) is 26.0. The van der Waals surface area contributed by atoms with Crippen molar-refractivity contribution >= 4 is 16.9 Å². The fourth-order valence-electron chi connectivity index (χ4n) is 5.94. The number of carboxylic acid groups (broad SMARTS) is 1. The zero-order valence-corrected chi connectivity index (χ0v) is 22.4. The summed E-state index contributed by atoms with van der Waals surface area (Å²) in [5.74, 6) is 0.776. The number of carboxylic acids is 1. The van der Waals surface area contributed by atoms with Crippen LogP contribution in [-0.2, 0) is 15.9 Å². The number of para-hydroxylation sites is 2. The van der Waals surface area contributed by atoms with Gasteiger partial charge in [-0.1, -0.05) is 60.7 Å². The molecule has 2 aliphatic heterocycles. The number of piperidine rings is 1. The van der Waals surface area contributed by atoms with E-state index in [1.165, 1.54) is 22.0 Å². The molecule has 0 saturated carbocycles. The Morgan fingerprint density at radius 3 is 2.50 bits per heavy atom. The summed E-state index contributed by atoms with van der Waals surface area (Å²) in [6.07, 6.45) is 7.04. The molecular weight excluding hydrogens is 504 g/mol. The number of fused-ring (bicyclic) bond motifs is 1. The van der Waals surface area contributed by atoms with Crippen molar-refractivity contribution in [3.8, 4) is 5.75 Å². The van der Waals surface area contributed by atoms with Crippen molar-refractivity contribution in [2.45, 2.75) is 31.2 Å². The number of ether oxygens (including phenoxy) is 3. The largest absolute Gasteiger partial charge is 0.491 e. The molecule has 206 valence electrons. The van der Waals surface area contributed by atoms with Gasteiger partial charge in [0.1, 0.15) is 24.2 Å². The monoisotopic (exact) mass is 538 g/mol. The molecule has 1 atom stereocenters. The van der Waals surface area contributed by atoms with Crippen LogP contribution in [-0.4, -0.2) is 53.6 Å². The molecule has 3 aromatic carbocycles. The predicted octanol–water partition coefficient (Wildman–Crippen LogP) is 6.23. The number of likely N-dealkylation sites (tertiary alicyclic amines) is 1. The second-order valence-electron chi connectivity index (χ2n) is 10.4. The Bertz CT molecular complexity index is 1490. The molecule has 6 rings (SSSR count). The standard InChI is InChI=1S/C33H34N2O5/c36-33(37)27-11-5-7-13-31(27)39-19-18-34-16-14-25(15-17-34)28-21-35(29-12-6-4-10-26(28)29)30(32-22-38-23-40-32)20-24-8-2-1-3-9-24/h1-13,21-22,25,30H,14-20,23H2,(H,36,37). The van der Waals surface area contributed by atoms with Gasteiger partial charge in [0.05, 0.1) is 6.04 Å². The molecule has 4 aromatic rings. The SMILES string of the molecule is O=C(O)c1ccccc1OCCN1CCC(c2cn(C(Cc3ccccc3)C3=COCO3)c3ccccc23)CC1. The van der Waals surface area contributed by atoms with E-state index in [0.29, 0.717) is 18.3 Å². The van der Waals surface area contributed by atoms with Crippen molar-refractivity contribution in [3.63, 3.8) is 0 Å². The van der Waals surface area contributed by atoms with Crippen LogP contribution >= 0.6 is 0 Å². The maximum Gasteiger partial charge on any atom is 0.339 e. The highest BCUT2D eigenvalue weighted by atomic mass is 16.7. The van der Waals surface area contributed by atoms with Crippen LogP contribution in [0.2, 0.25) is 0 Å². The average Bonchev–Trinajstić information content (AvgIpc) is 3.66. The van der Waals surface area contributed by atoms with Gasteiger partial charge in [0.25, 0.3) is 0 Å². The van der Waals surface area contributed by atoms with Gasteiger partial charge in [-0.25, -0.2) is 4.79 Å². The lowest BCUT2D eigenvalue weighted by atomic mass is 9.89. The maximum atomic E-state index is 11.5. The predicted molar refractivity (Wildman–Crippen MR) is 154 cm³/mol. The fourth-order valence-corrected chi connectivity index (χ4v) is 5.94. The Kier molecular flexibility index (Phi) is 7.73. The number of aromatic carboxylic acids is 1.